The standard InChI is InChI=1S/C15H14BrN3O/c1-18-9-15(20)19(12-4-2-3-11(17)8-12)14-7-10(16)5-6-13(14)18/h2-8H,9,17H2,1H3. The van der Waals surface area contributed by atoms with Gasteiger partial charge in [-0.15, -0.1) is 0 Å². The number of amides is 1. The van der Waals surface area contributed by atoms with Gasteiger partial charge in [0.15, 0.2) is 0 Å². The van der Waals surface area contributed by atoms with Crippen molar-refractivity contribution in [3.05, 3.63) is 46.9 Å². The molecule has 0 fully saturated rings. The van der Waals surface area contributed by atoms with E-state index in [-0.39, 0.29) is 5.91 Å². The molecule has 2 N–H and O–H groups in total. The first kappa shape index (κ1) is 13.0. The molecule has 1 amide bonds. The number of nitrogen functional groups attached to an aromatic ring is 1. The zero-order valence-corrected chi connectivity index (χ0v) is 12.6. The smallest absolute Gasteiger partial charge is 0.251 e. The Bertz CT molecular complexity index is 687. The molecule has 0 saturated carbocycles. The molecule has 20 heavy (non-hydrogen) atoms. The molecule has 0 radical (unpaired) electrons. The number of nitrogens with two attached hydrogens (primary N) is 1. The summed E-state index contributed by atoms with van der Waals surface area (Å²) in [7, 11) is 1.92. The Balaban J connectivity index is 2.18. The van der Waals surface area contributed by atoms with Crippen molar-refractivity contribution < 1.29 is 4.79 Å². The van der Waals surface area contributed by atoms with Gasteiger partial charge in [0.05, 0.1) is 23.6 Å². The van der Waals surface area contributed by atoms with Gasteiger partial charge < -0.3 is 10.6 Å². The normalized spacial score (nSPS) is 14.4. The largest absolute Gasteiger partial charge is 0.399 e. The highest BCUT2D eigenvalue weighted by Gasteiger charge is 2.28. The Morgan fingerprint density at radius 3 is 2.70 bits per heavy atom. The highest BCUT2D eigenvalue weighted by Crippen LogP contribution is 2.39. The number of nitrogens with zero attached hydrogens (tertiary/aromatic N) is 2. The van der Waals surface area contributed by atoms with Gasteiger partial charge in [-0.05, 0) is 36.4 Å². The summed E-state index contributed by atoms with van der Waals surface area (Å²) in [6.07, 6.45) is 0. The predicted molar refractivity (Wildman–Crippen MR) is 85.4 cm³/mol. The number of carbonyl (C=O) groups is 1. The molecule has 2 aromatic rings. The van der Waals surface area contributed by atoms with Gasteiger partial charge >= 0.3 is 0 Å². The monoisotopic (exact) mass is 331 g/mol. The first-order valence-corrected chi connectivity index (χ1v) is 7.05. The first-order chi connectivity index (χ1) is 9.56. The molecule has 0 saturated heterocycles. The van der Waals surface area contributed by atoms with Crippen molar-refractivity contribution in [2.45, 2.75) is 0 Å². The van der Waals surface area contributed by atoms with Crippen molar-refractivity contribution in [2.75, 3.05) is 29.1 Å². The lowest BCUT2D eigenvalue weighted by molar-refractivity contribution is -0.116. The van der Waals surface area contributed by atoms with E-state index in [4.69, 9.17) is 5.73 Å². The molecule has 0 atom stereocenters. The fraction of sp³-hybridized carbons (Fsp3) is 0.133. The van der Waals surface area contributed by atoms with Crippen LogP contribution in [0.15, 0.2) is 46.9 Å². The number of rotatable bonds is 1. The lowest BCUT2D eigenvalue weighted by Gasteiger charge is -2.35. The van der Waals surface area contributed by atoms with Crippen LogP contribution < -0.4 is 15.5 Å². The van der Waals surface area contributed by atoms with Crippen molar-refractivity contribution in [1.29, 1.82) is 0 Å². The molecule has 1 heterocycles. The van der Waals surface area contributed by atoms with Crippen LogP contribution in [0.1, 0.15) is 0 Å². The quantitative estimate of drug-likeness (QED) is 0.816. The predicted octanol–water partition coefficient (Wildman–Crippen LogP) is 3.15. The van der Waals surface area contributed by atoms with Crippen molar-refractivity contribution >= 4 is 44.6 Å². The van der Waals surface area contributed by atoms with Gasteiger partial charge in [0.1, 0.15) is 0 Å². The average Bonchev–Trinajstić information content (AvgIpc) is 2.38. The van der Waals surface area contributed by atoms with Gasteiger partial charge in [0, 0.05) is 17.2 Å². The molecule has 4 nitrogen and oxygen atoms in total. The van der Waals surface area contributed by atoms with E-state index < -0.39 is 0 Å². The zero-order valence-electron chi connectivity index (χ0n) is 11.0. The SMILES string of the molecule is CN1CC(=O)N(c2cccc(N)c2)c2cc(Br)ccc21. The summed E-state index contributed by atoms with van der Waals surface area (Å²) in [5, 5.41) is 0. The van der Waals surface area contributed by atoms with E-state index in [1.807, 2.05) is 54.4 Å². The van der Waals surface area contributed by atoms with E-state index in [9.17, 15) is 4.79 Å². The minimum absolute atomic E-state index is 0.0312. The molecule has 3 rings (SSSR count). The maximum Gasteiger partial charge on any atom is 0.251 e. The Morgan fingerprint density at radius 2 is 1.95 bits per heavy atom. The number of anilines is 4. The number of fused-ring (bicyclic) bond motifs is 1. The van der Waals surface area contributed by atoms with Crippen LogP contribution in [-0.2, 0) is 4.79 Å². The van der Waals surface area contributed by atoms with Crippen LogP contribution in [0.3, 0.4) is 0 Å². The van der Waals surface area contributed by atoms with Crippen molar-refractivity contribution in [1.82, 2.24) is 0 Å². The fourth-order valence-corrected chi connectivity index (χ4v) is 2.79. The molecule has 0 aromatic heterocycles. The molecular weight excluding hydrogens is 318 g/mol. The third-order valence-corrected chi connectivity index (χ3v) is 3.83. The highest BCUT2D eigenvalue weighted by atomic mass is 79.9. The molecule has 1 aliphatic rings. The summed E-state index contributed by atoms with van der Waals surface area (Å²) in [5.41, 5.74) is 9.16. The van der Waals surface area contributed by atoms with Gasteiger partial charge in [-0.2, -0.15) is 0 Å². The van der Waals surface area contributed by atoms with Crippen molar-refractivity contribution in [3.63, 3.8) is 0 Å². The second-order valence-corrected chi connectivity index (χ2v) is 5.73. The Morgan fingerprint density at radius 1 is 1.15 bits per heavy atom. The van der Waals surface area contributed by atoms with E-state index in [1.165, 1.54) is 0 Å². The van der Waals surface area contributed by atoms with Crippen LogP contribution in [0, 0.1) is 0 Å². The number of likely N-dealkylation sites (N-methyl/N-ethyl adjacent to an activating group) is 1. The van der Waals surface area contributed by atoms with Crippen molar-refractivity contribution in [3.8, 4) is 0 Å². The number of halogens is 1. The lowest BCUT2D eigenvalue weighted by atomic mass is 10.1. The van der Waals surface area contributed by atoms with Crippen LogP contribution in [0.4, 0.5) is 22.7 Å². The molecule has 1 aliphatic heterocycles. The molecule has 5 heteroatoms. The first-order valence-electron chi connectivity index (χ1n) is 6.25. The molecule has 0 unspecified atom stereocenters. The summed E-state index contributed by atoms with van der Waals surface area (Å²) in [4.78, 5) is 16.1. The average molecular weight is 332 g/mol. The van der Waals surface area contributed by atoms with Gasteiger partial charge in [-0.25, -0.2) is 0 Å². The van der Waals surface area contributed by atoms with Crippen LogP contribution in [0.25, 0.3) is 0 Å². The minimum Gasteiger partial charge on any atom is -0.399 e. The van der Waals surface area contributed by atoms with E-state index in [1.54, 1.807) is 4.90 Å². The molecule has 102 valence electrons. The third kappa shape index (κ3) is 2.14. The Hall–Kier alpha value is -2.01. The zero-order chi connectivity index (χ0) is 14.3. The number of hydrogen-bond acceptors (Lipinski definition) is 3. The Labute approximate surface area is 125 Å². The van der Waals surface area contributed by atoms with Gasteiger partial charge in [-0.1, -0.05) is 22.0 Å². The molecule has 0 aliphatic carbocycles. The number of hydrogen-bond donors (Lipinski definition) is 1. The third-order valence-electron chi connectivity index (χ3n) is 3.34. The van der Waals surface area contributed by atoms with E-state index in [0.29, 0.717) is 12.2 Å². The maximum absolute atomic E-state index is 12.4. The molecule has 2 aromatic carbocycles. The highest BCUT2D eigenvalue weighted by molar-refractivity contribution is 9.10. The summed E-state index contributed by atoms with van der Waals surface area (Å²) in [5.74, 6) is 0.0312. The number of benzene rings is 2. The lowest BCUT2D eigenvalue weighted by Crippen LogP contribution is -2.41. The van der Waals surface area contributed by atoms with Crippen LogP contribution in [-0.4, -0.2) is 19.5 Å². The van der Waals surface area contributed by atoms with E-state index in [2.05, 4.69) is 15.9 Å². The van der Waals surface area contributed by atoms with Crippen molar-refractivity contribution in [2.24, 2.45) is 0 Å². The maximum atomic E-state index is 12.4. The second kappa shape index (κ2) is 4.83. The van der Waals surface area contributed by atoms with E-state index >= 15 is 0 Å². The van der Waals surface area contributed by atoms with Gasteiger partial charge in [0.2, 0.25) is 0 Å². The summed E-state index contributed by atoms with van der Waals surface area (Å²) in [6, 6.07) is 13.3. The fourth-order valence-electron chi connectivity index (χ4n) is 2.44. The Kier molecular flexibility index (Phi) is 3.14. The second-order valence-electron chi connectivity index (χ2n) is 4.81. The van der Waals surface area contributed by atoms with E-state index in [0.717, 1.165) is 21.5 Å². The van der Waals surface area contributed by atoms with Crippen LogP contribution in [0.2, 0.25) is 0 Å². The van der Waals surface area contributed by atoms with Gasteiger partial charge in [-0.3, -0.25) is 9.69 Å². The summed E-state index contributed by atoms with van der Waals surface area (Å²) < 4.78 is 0.938. The van der Waals surface area contributed by atoms with Crippen LogP contribution >= 0.6 is 15.9 Å². The summed E-state index contributed by atoms with van der Waals surface area (Å²) in [6.45, 7) is 0.351. The van der Waals surface area contributed by atoms with Gasteiger partial charge in [0.25, 0.3) is 5.91 Å². The minimum atomic E-state index is 0.0312. The molecule has 0 spiro atoms. The molecule has 0 bridgehead atoms. The topological polar surface area (TPSA) is 49.6 Å². The summed E-state index contributed by atoms with van der Waals surface area (Å²) >= 11 is 3.46. The number of carbonyl (C=O) groups excluding carboxylic acids is 1. The molecular formula is C15H14BrN3O. The van der Waals surface area contributed by atoms with Crippen LogP contribution in [0.5, 0.6) is 0 Å².